The normalized spacial score (nSPS) is 18.0. The van der Waals surface area contributed by atoms with E-state index in [1.54, 1.807) is 7.05 Å². The molecule has 1 aromatic carbocycles. The van der Waals surface area contributed by atoms with Crippen LogP contribution in [0.4, 0.5) is 4.39 Å². The quantitative estimate of drug-likeness (QED) is 0.871. The Hall–Kier alpha value is -1.21. The standard InChI is InChI=1S/C16H23ClFN3O2/c1-19-5-7-21(8-6-19)11-13(22)10-20(2)16(23)14-4-3-12(18)9-15(14)17/h3-4,9,13,22H,5-8,10-11H2,1-2H3. The van der Waals surface area contributed by atoms with Gasteiger partial charge in [0.15, 0.2) is 0 Å². The zero-order valence-corrected chi connectivity index (χ0v) is 14.3. The van der Waals surface area contributed by atoms with E-state index in [0.29, 0.717) is 6.54 Å². The molecule has 1 heterocycles. The predicted molar refractivity (Wildman–Crippen MR) is 88.3 cm³/mol. The first-order valence-corrected chi connectivity index (χ1v) is 8.04. The summed E-state index contributed by atoms with van der Waals surface area (Å²) in [5, 5.41) is 10.3. The summed E-state index contributed by atoms with van der Waals surface area (Å²) in [6, 6.07) is 3.68. The van der Waals surface area contributed by atoms with E-state index >= 15 is 0 Å². The van der Waals surface area contributed by atoms with Gasteiger partial charge in [0.05, 0.1) is 16.7 Å². The third-order valence-electron chi connectivity index (χ3n) is 4.06. The summed E-state index contributed by atoms with van der Waals surface area (Å²) < 4.78 is 13.1. The van der Waals surface area contributed by atoms with Crippen molar-refractivity contribution >= 4 is 17.5 Å². The van der Waals surface area contributed by atoms with Crippen molar-refractivity contribution in [3.05, 3.63) is 34.6 Å². The van der Waals surface area contributed by atoms with E-state index in [2.05, 4.69) is 16.8 Å². The van der Waals surface area contributed by atoms with Crippen LogP contribution in [0.1, 0.15) is 10.4 Å². The molecule has 1 atom stereocenters. The molecule has 0 aliphatic carbocycles. The lowest BCUT2D eigenvalue weighted by Gasteiger charge is -2.34. The molecule has 0 radical (unpaired) electrons. The second kappa shape index (κ2) is 8.06. The number of carbonyl (C=O) groups is 1. The summed E-state index contributed by atoms with van der Waals surface area (Å²) in [4.78, 5) is 18.2. The number of carbonyl (C=O) groups excluding carboxylic acids is 1. The number of benzene rings is 1. The molecule has 0 spiro atoms. The Bertz CT molecular complexity index is 550. The van der Waals surface area contributed by atoms with Gasteiger partial charge in [-0.1, -0.05) is 11.6 Å². The Kier molecular flexibility index (Phi) is 6.35. The van der Waals surface area contributed by atoms with Crippen molar-refractivity contribution in [2.24, 2.45) is 0 Å². The summed E-state index contributed by atoms with van der Waals surface area (Å²) >= 11 is 5.91. The molecule has 1 aliphatic heterocycles. The van der Waals surface area contributed by atoms with Crippen molar-refractivity contribution in [1.82, 2.24) is 14.7 Å². The fraction of sp³-hybridized carbons (Fsp3) is 0.562. The van der Waals surface area contributed by atoms with Crippen LogP contribution in [-0.4, -0.2) is 85.2 Å². The van der Waals surface area contributed by atoms with E-state index in [4.69, 9.17) is 11.6 Å². The van der Waals surface area contributed by atoms with Crippen molar-refractivity contribution in [2.45, 2.75) is 6.10 Å². The van der Waals surface area contributed by atoms with Gasteiger partial charge in [-0.2, -0.15) is 0 Å². The number of rotatable bonds is 5. The van der Waals surface area contributed by atoms with E-state index in [1.807, 2.05) is 0 Å². The molecule has 0 saturated carbocycles. The lowest BCUT2D eigenvalue weighted by atomic mass is 10.2. The Morgan fingerprint density at radius 1 is 1.39 bits per heavy atom. The van der Waals surface area contributed by atoms with Crippen molar-refractivity contribution in [1.29, 1.82) is 0 Å². The number of nitrogens with zero attached hydrogens (tertiary/aromatic N) is 3. The average molecular weight is 344 g/mol. The van der Waals surface area contributed by atoms with E-state index in [0.717, 1.165) is 32.2 Å². The van der Waals surface area contributed by atoms with Crippen LogP contribution in [-0.2, 0) is 0 Å². The molecule has 1 amide bonds. The molecule has 1 aliphatic rings. The average Bonchev–Trinajstić information content (AvgIpc) is 2.49. The molecule has 128 valence electrons. The van der Waals surface area contributed by atoms with E-state index in [-0.39, 0.29) is 23.0 Å². The van der Waals surface area contributed by atoms with Gasteiger partial charge in [0, 0.05) is 46.3 Å². The van der Waals surface area contributed by atoms with Crippen molar-refractivity contribution < 1.29 is 14.3 Å². The van der Waals surface area contributed by atoms with Gasteiger partial charge in [-0.05, 0) is 25.2 Å². The molecule has 1 aromatic rings. The number of β-amino-alcohol motifs (C(OH)–C–C–N with tert-alkyl or cyclic N) is 1. The largest absolute Gasteiger partial charge is 0.390 e. The number of halogens is 2. The Morgan fingerprint density at radius 2 is 2.04 bits per heavy atom. The van der Waals surface area contributed by atoms with Gasteiger partial charge in [-0.15, -0.1) is 0 Å². The maximum absolute atomic E-state index is 13.1. The minimum atomic E-state index is -0.633. The smallest absolute Gasteiger partial charge is 0.255 e. The van der Waals surface area contributed by atoms with Crippen LogP contribution in [0.5, 0.6) is 0 Å². The highest BCUT2D eigenvalue weighted by Gasteiger charge is 2.21. The van der Waals surface area contributed by atoms with Gasteiger partial charge in [-0.3, -0.25) is 9.69 Å². The first-order valence-electron chi connectivity index (χ1n) is 7.66. The number of piperazine rings is 1. The van der Waals surface area contributed by atoms with Crippen LogP contribution in [0.3, 0.4) is 0 Å². The number of hydrogen-bond donors (Lipinski definition) is 1. The highest BCUT2D eigenvalue weighted by Crippen LogP contribution is 2.18. The fourth-order valence-electron chi connectivity index (χ4n) is 2.65. The topological polar surface area (TPSA) is 47.0 Å². The Labute approximate surface area is 141 Å². The van der Waals surface area contributed by atoms with Gasteiger partial charge in [0.1, 0.15) is 5.82 Å². The Balaban J connectivity index is 1.87. The molecule has 23 heavy (non-hydrogen) atoms. The number of hydrogen-bond acceptors (Lipinski definition) is 4. The minimum absolute atomic E-state index is 0.0791. The zero-order chi connectivity index (χ0) is 17.0. The summed E-state index contributed by atoms with van der Waals surface area (Å²) in [5.74, 6) is -0.809. The third kappa shape index (κ3) is 5.14. The van der Waals surface area contributed by atoms with Crippen molar-refractivity contribution in [3.63, 3.8) is 0 Å². The maximum atomic E-state index is 13.1. The van der Waals surface area contributed by atoms with E-state index < -0.39 is 11.9 Å². The number of amides is 1. The second-order valence-electron chi connectivity index (χ2n) is 6.07. The van der Waals surface area contributed by atoms with E-state index in [1.165, 1.54) is 17.0 Å². The highest BCUT2D eigenvalue weighted by molar-refractivity contribution is 6.33. The maximum Gasteiger partial charge on any atom is 0.255 e. The second-order valence-corrected chi connectivity index (χ2v) is 6.47. The molecule has 5 nitrogen and oxygen atoms in total. The molecule has 7 heteroatoms. The molecule has 2 rings (SSSR count). The number of likely N-dealkylation sites (N-methyl/N-ethyl adjacent to an activating group) is 2. The SMILES string of the molecule is CN1CCN(CC(O)CN(C)C(=O)c2ccc(F)cc2Cl)CC1. The number of aliphatic hydroxyl groups excluding tert-OH is 1. The van der Waals surface area contributed by atoms with Gasteiger partial charge in [-0.25, -0.2) is 4.39 Å². The van der Waals surface area contributed by atoms with Gasteiger partial charge >= 0.3 is 0 Å². The number of aliphatic hydroxyl groups is 1. The van der Waals surface area contributed by atoms with Crippen LogP contribution >= 0.6 is 11.6 Å². The lowest BCUT2D eigenvalue weighted by molar-refractivity contribution is 0.0502. The molecular formula is C16H23ClFN3O2. The molecule has 1 N–H and O–H groups in total. The predicted octanol–water partition coefficient (Wildman–Crippen LogP) is 1.16. The molecule has 0 bridgehead atoms. The summed E-state index contributed by atoms with van der Waals surface area (Å²) in [6.07, 6.45) is -0.633. The molecule has 1 unspecified atom stereocenters. The molecular weight excluding hydrogens is 321 g/mol. The van der Waals surface area contributed by atoms with Crippen LogP contribution in [0.2, 0.25) is 5.02 Å². The van der Waals surface area contributed by atoms with Gasteiger partial charge in [0.25, 0.3) is 5.91 Å². The zero-order valence-electron chi connectivity index (χ0n) is 13.5. The Morgan fingerprint density at radius 3 is 2.65 bits per heavy atom. The summed E-state index contributed by atoms with van der Waals surface area (Å²) in [6.45, 7) is 4.52. The first kappa shape index (κ1) is 18.1. The molecule has 1 fully saturated rings. The van der Waals surface area contributed by atoms with Gasteiger partial charge < -0.3 is 14.9 Å². The lowest BCUT2D eigenvalue weighted by Crippen LogP contribution is -2.49. The summed E-state index contributed by atoms with van der Waals surface area (Å²) in [7, 11) is 3.68. The minimum Gasteiger partial charge on any atom is -0.390 e. The third-order valence-corrected chi connectivity index (χ3v) is 4.37. The van der Waals surface area contributed by atoms with Crippen LogP contribution in [0, 0.1) is 5.82 Å². The monoisotopic (exact) mass is 343 g/mol. The van der Waals surface area contributed by atoms with Crippen LogP contribution < -0.4 is 0 Å². The molecule has 0 aromatic heterocycles. The summed E-state index contributed by atoms with van der Waals surface area (Å²) in [5.41, 5.74) is 0.238. The van der Waals surface area contributed by atoms with Crippen molar-refractivity contribution in [3.8, 4) is 0 Å². The van der Waals surface area contributed by atoms with Crippen LogP contribution in [0.25, 0.3) is 0 Å². The molecule has 1 saturated heterocycles. The van der Waals surface area contributed by atoms with Crippen LogP contribution in [0.15, 0.2) is 18.2 Å². The van der Waals surface area contributed by atoms with E-state index in [9.17, 15) is 14.3 Å². The van der Waals surface area contributed by atoms with Crippen molar-refractivity contribution in [2.75, 3.05) is 53.4 Å². The first-order chi connectivity index (χ1) is 10.9. The van der Waals surface area contributed by atoms with Gasteiger partial charge in [0.2, 0.25) is 0 Å². The highest BCUT2D eigenvalue weighted by atomic mass is 35.5. The fourth-order valence-corrected chi connectivity index (χ4v) is 2.90.